The van der Waals surface area contributed by atoms with Crippen LogP contribution >= 0.6 is 11.6 Å². The monoisotopic (exact) mass is 422 g/mol. The number of rotatable bonds is 6. The van der Waals surface area contributed by atoms with E-state index < -0.39 is 6.04 Å². The van der Waals surface area contributed by atoms with Crippen molar-refractivity contribution in [2.75, 3.05) is 17.9 Å². The van der Waals surface area contributed by atoms with E-state index in [1.807, 2.05) is 0 Å². The van der Waals surface area contributed by atoms with Crippen LogP contribution in [0.5, 0.6) is 0 Å². The van der Waals surface area contributed by atoms with Crippen molar-refractivity contribution < 1.29 is 9.28 Å². The molecule has 0 aromatic carbocycles. The standard InChI is InChI=1S/C13H14ClFN8O.C5H10/c1-6(12(24)16-2)23-5-8(9(14)22-23)18-13-19-10-7(3-4-17-10)11(20-13)21-15;1-2-5-3-4-5/h3-6H,1-2H3,(H,16,24)(H3,17,18,19,20,21);5H,2-4H2,1H3. The number of anilines is 3. The van der Waals surface area contributed by atoms with Gasteiger partial charge in [-0.2, -0.15) is 15.1 Å². The Morgan fingerprint density at radius 2 is 2.21 bits per heavy atom. The minimum absolute atomic E-state index is 0.0194. The van der Waals surface area contributed by atoms with Crippen LogP contribution in [0.25, 0.3) is 11.0 Å². The summed E-state index contributed by atoms with van der Waals surface area (Å²) in [6.45, 7) is 3.94. The van der Waals surface area contributed by atoms with Crippen molar-refractivity contribution in [3.05, 3.63) is 23.6 Å². The van der Waals surface area contributed by atoms with E-state index in [9.17, 15) is 9.28 Å². The SMILES string of the molecule is CCC1CC1.CNC(=O)C(C)n1cc(Nc2nc(NF)c3cc[nH]c3n2)c(Cl)n1. The molecule has 156 valence electrons. The van der Waals surface area contributed by atoms with Gasteiger partial charge in [0.05, 0.1) is 17.3 Å². The molecule has 0 bridgehead atoms. The number of likely N-dealkylation sites (N-methyl/N-ethyl adjacent to an activating group) is 1. The average Bonchev–Trinajstić information content (AvgIpc) is 3.35. The second-order valence-corrected chi connectivity index (χ2v) is 7.17. The molecule has 29 heavy (non-hydrogen) atoms. The highest BCUT2D eigenvalue weighted by molar-refractivity contribution is 6.32. The molecule has 3 aromatic rings. The van der Waals surface area contributed by atoms with Gasteiger partial charge in [-0.3, -0.25) is 9.48 Å². The predicted octanol–water partition coefficient (Wildman–Crippen LogP) is 3.96. The first-order chi connectivity index (χ1) is 14.0. The summed E-state index contributed by atoms with van der Waals surface area (Å²) in [5.74, 6) is 1.06. The van der Waals surface area contributed by atoms with E-state index in [1.165, 1.54) is 36.5 Å². The molecule has 0 saturated heterocycles. The van der Waals surface area contributed by atoms with Gasteiger partial charge < -0.3 is 15.6 Å². The Bertz CT molecular complexity index is 984. The van der Waals surface area contributed by atoms with Crippen LogP contribution in [0.1, 0.15) is 39.2 Å². The molecule has 1 aliphatic carbocycles. The number of halogens is 2. The fourth-order valence-electron chi connectivity index (χ4n) is 2.70. The molecule has 1 atom stereocenters. The second-order valence-electron chi connectivity index (χ2n) is 6.81. The van der Waals surface area contributed by atoms with Crippen LogP contribution in [0.2, 0.25) is 5.15 Å². The average molecular weight is 423 g/mol. The first kappa shape index (κ1) is 20.8. The number of carbonyl (C=O) groups excluding carboxylic acids is 1. The molecule has 1 fully saturated rings. The number of carbonyl (C=O) groups is 1. The quantitative estimate of drug-likeness (QED) is 0.447. The minimum atomic E-state index is -0.544. The van der Waals surface area contributed by atoms with Gasteiger partial charge in [0.25, 0.3) is 0 Å². The number of hydrogen-bond acceptors (Lipinski definition) is 6. The zero-order valence-corrected chi connectivity index (χ0v) is 17.2. The number of H-pyrrole nitrogens is 1. The van der Waals surface area contributed by atoms with Gasteiger partial charge in [-0.25, -0.2) is 5.54 Å². The molecular formula is C18H24ClFN8O. The zero-order valence-electron chi connectivity index (χ0n) is 16.5. The number of nitrogens with one attached hydrogen (secondary N) is 4. The zero-order chi connectivity index (χ0) is 21.0. The third kappa shape index (κ3) is 4.94. The Hall–Kier alpha value is -2.88. The van der Waals surface area contributed by atoms with Crippen LogP contribution < -0.4 is 16.2 Å². The van der Waals surface area contributed by atoms with E-state index in [4.69, 9.17) is 11.6 Å². The minimum Gasteiger partial charge on any atom is -0.357 e. The summed E-state index contributed by atoms with van der Waals surface area (Å²) in [5, 5.41) is 10.1. The van der Waals surface area contributed by atoms with Crippen molar-refractivity contribution in [3.63, 3.8) is 0 Å². The highest BCUT2D eigenvalue weighted by atomic mass is 35.5. The molecule has 4 rings (SSSR count). The summed E-state index contributed by atoms with van der Waals surface area (Å²) in [7, 11) is 1.54. The summed E-state index contributed by atoms with van der Waals surface area (Å²) in [4.78, 5) is 22.8. The van der Waals surface area contributed by atoms with Crippen molar-refractivity contribution in [1.82, 2.24) is 30.0 Å². The van der Waals surface area contributed by atoms with Crippen molar-refractivity contribution in [2.45, 2.75) is 39.2 Å². The lowest BCUT2D eigenvalue weighted by Crippen LogP contribution is -2.28. The maximum atomic E-state index is 12.9. The van der Waals surface area contributed by atoms with Gasteiger partial charge in [0.2, 0.25) is 11.9 Å². The van der Waals surface area contributed by atoms with Gasteiger partial charge in [-0.05, 0) is 18.9 Å². The van der Waals surface area contributed by atoms with Gasteiger partial charge in [0.1, 0.15) is 11.7 Å². The molecule has 3 heterocycles. The highest BCUT2D eigenvalue weighted by Crippen LogP contribution is 2.31. The maximum Gasteiger partial charge on any atom is 0.244 e. The van der Waals surface area contributed by atoms with Crippen LogP contribution in [0.4, 0.5) is 21.9 Å². The van der Waals surface area contributed by atoms with E-state index in [-0.39, 0.29) is 22.8 Å². The molecular weight excluding hydrogens is 399 g/mol. The molecule has 4 N–H and O–H groups in total. The number of aromatic nitrogens is 5. The molecule has 0 radical (unpaired) electrons. The van der Waals surface area contributed by atoms with E-state index in [2.05, 4.69) is 37.6 Å². The number of fused-ring (bicyclic) bond motifs is 1. The molecule has 0 aliphatic heterocycles. The summed E-state index contributed by atoms with van der Waals surface area (Å²) in [6, 6.07) is 1.11. The Morgan fingerprint density at radius 3 is 2.79 bits per heavy atom. The van der Waals surface area contributed by atoms with E-state index in [0.29, 0.717) is 16.7 Å². The van der Waals surface area contributed by atoms with Crippen molar-refractivity contribution in [2.24, 2.45) is 5.92 Å². The smallest absolute Gasteiger partial charge is 0.244 e. The van der Waals surface area contributed by atoms with Crippen molar-refractivity contribution >= 4 is 46.0 Å². The van der Waals surface area contributed by atoms with Gasteiger partial charge in [0, 0.05) is 13.2 Å². The number of hydrogen-bond donors (Lipinski definition) is 4. The van der Waals surface area contributed by atoms with Crippen molar-refractivity contribution in [3.8, 4) is 0 Å². The molecule has 9 nitrogen and oxygen atoms in total. The van der Waals surface area contributed by atoms with Crippen molar-refractivity contribution in [1.29, 1.82) is 0 Å². The van der Waals surface area contributed by atoms with Crippen LogP contribution in [-0.4, -0.2) is 37.7 Å². The third-order valence-corrected chi connectivity index (χ3v) is 5.01. The van der Waals surface area contributed by atoms with Gasteiger partial charge in [0.15, 0.2) is 11.0 Å². The largest absolute Gasteiger partial charge is 0.357 e. The summed E-state index contributed by atoms with van der Waals surface area (Å²) >= 11 is 6.08. The predicted molar refractivity (Wildman–Crippen MR) is 111 cm³/mol. The summed E-state index contributed by atoms with van der Waals surface area (Å²) < 4.78 is 14.3. The molecule has 1 unspecified atom stereocenters. The maximum absolute atomic E-state index is 12.9. The Kier molecular flexibility index (Phi) is 6.53. The Morgan fingerprint density at radius 1 is 1.45 bits per heavy atom. The Balaban J connectivity index is 0.000000419. The lowest BCUT2D eigenvalue weighted by molar-refractivity contribution is -0.123. The van der Waals surface area contributed by atoms with Crippen LogP contribution in [-0.2, 0) is 4.79 Å². The number of aromatic amines is 1. The van der Waals surface area contributed by atoms with Crippen LogP contribution in [0, 0.1) is 5.92 Å². The molecule has 1 aliphatic rings. The normalized spacial score (nSPS) is 14.1. The topological polar surface area (TPSA) is 113 Å². The lowest BCUT2D eigenvalue weighted by atomic mass is 10.3. The molecule has 11 heteroatoms. The van der Waals surface area contributed by atoms with Gasteiger partial charge in [-0.15, -0.1) is 4.48 Å². The molecule has 1 saturated carbocycles. The first-order valence-corrected chi connectivity index (χ1v) is 9.79. The third-order valence-electron chi connectivity index (χ3n) is 4.74. The van der Waals surface area contributed by atoms with E-state index in [1.54, 1.807) is 25.4 Å². The summed E-state index contributed by atoms with van der Waals surface area (Å²) in [6.07, 6.45) is 7.61. The second kappa shape index (κ2) is 9.08. The fraction of sp³-hybridized carbons (Fsp3) is 0.444. The van der Waals surface area contributed by atoms with Crippen LogP contribution in [0.3, 0.4) is 0 Å². The molecule has 1 amide bonds. The van der Waals surface area contributed by atoms with Gasteiger partial charge in [-0.1, -0.05) is 37.8 Å². The Labute approximate surface area is 172 Å². The lowest BCUT2D eigenvalue weighted by Gasteiger charge is -2.09. The number of nitrogens with zero attached hydrogens (tertiary/aromatic N) is 4. The van der Waals surface area contributed by atoms with E-state index >= 15 is 0 Å². The summed E-state index contributed by atoms with van der Waals surface area (Å²) in [5.41, 5.74) is 2.37. The molecule has 3 aromatic heterocycles. The highest BCUT2D eigenvalue weighted by Gasteiger charge is 2.18. The fourth-order valence-corrected chi connectivity index (χ4v) is 2.88. The first-order valence-electron chi connectivity index (χ1n) is 9.41. The van der Waals surface area contributed by atoms with Gasteiger partial charge >= 0.3 is 0 Å². The number of amides is 1. The van der Waals surface area contributed by atoms with E-state index in [0.717, 1.165) is 5.92 Å². The molecule has 0 spiro atoms. The van der Waals surface area contributed by atoms with Crippen LogP contribution in [0.15, 0.2) is 18.5 Å².